The summed E-state index contributed by atoms with van der Waals surface area (Å²) in [5.74, 6) is 5.63. The molecule has 3 nitrogen and oxygen atoms in total. The van der Waals surface area contributed by atoms with Gasteiger partial charge in [0.2, 0.25) is 0 Å². The highest BCUT2D eigenvalue weighted by atomic mass is 35.5. The van der Waals surface area contributed by atoms with Crippen LogP contribution in [0.5, 0.6) is 0 Å². The quantitative estimate of drug-likeness (QED) is 0.323. The molecule has 0 aliphatic rings. The number of aromatic nitrogens is 1. The van der Waals surface area contributed by atoms with Crippen molar-refractivity contribution in [1.82, 2.24) is 10.4 Å². The highest BCUT2D eigenvalue weighted by molar-refractivity contribution is 6.34. The first-order valence-electron chi connectivity index (χ1n) is 7.96. The van der Waals surface area contributed by atoms with Gasteiger partial charge in [0.15, 0.2) is 0 Å². The van der Waals surface area contributed by atoms with E-state index in [1.54, 1.807) is 12.3 Å². The summed E-state index contributed by atoms with van der Waals surface area (Å²) in [5.41, 5.74) is 3.59. The fourth-order valence-corrected chi connectivity index (χ4v) is 2.97. The van der Waals surface area contributed by atoms with Crippen LogP contribution < -0.4 is 11.3 Å². The van der Waals surface area contributed by atoms with E-state index in [1.165, 1.54) is 44.9 Å². The Bertz CT molecular complexity index is 399. The molecule has 0 fully saturated rings. The van der Waals surface area contributed by atoms with Crippen molar-refractivity contribution in [3.8, 4) is 0 Å². The maximum absolute atomic E-state index is 6.17. The molecule has 0 amide bonds. The topological polar surface area (TPSA) is 50.9 Å². The predicted octanol–water partition coefficient (Wildman–Crippen LogP) is 5.42. The molecule has 120 valence electrons. The number of halogens is 2. The highest BCUT2D eigenvalue weighted by Gasteiger charge is 2.14. The van der Waals surface area contributed by atoms with Crippen molar-refractivity contribution in [2.75, 3.05) is 0 Å². The van der Waals surface area contributed by atoms with Crippen LogP contribution in [-0.2, 0) is 0 Å². The van der Waals surface area contributed by atoms with Gasteiger partial charge < -0.3 is 0 Å². The molecule has 0 aliphatic carbocycles. The molecule has 0 aromatic carbocycles. The van der Waals surface area contributed by atoms with E-state index in [-0.39, 0.29) is 6.04 Å². The minimum Gasteiger partial charge on any atom is -0.271 e. The molecule has 0 aliphatic heterocycles. The SMILES string of the molecule is CCCCCCCCCCC(NN)c1ncc(Cl)cc1Cl. The van der Waals surface area contributed by atoms with Crippen molar-refractivity contribution in [2.24, 2.45) is 5.84 Å². The smallest absolute Gasteiger partial charge is 0.0773 e. The van der Waals surface area contributed by atoms with Gasteiger partial charge in [-0.1, -0.05) is 81.5 Å². The minimum absolute atomic E-state index is 0.00476. The van der Waals surface area contributed by atoms with E-state index in [1.807, 2.05) is 0 Å². The third-order valence-electron chi connectivity index (χ3n) is 3.71. The third kappa shape index (κ3) is 7.46. The first-order valence-corrected chi connectivity index (χ1v) is 8.71. The van der Waals surface area contributed by atoms with Crippen LogP contribution in [0.1, 0.15) is 76.4 Å². The number of hydrogen-bond acceptors (Lipinski definition) is 3. The van der Waals surface area contributed by atoms with Crippen LogP contribution in [0.25, 0.3) is 0 Å². The van der Waals surface area contributed by atoms with Gasteiger partial charge in [-0.2, -0.15) is 0 Å². The van der Waals surface area contributed by atoms with E-state index in [9.17, 15) is 0 Å². The summed E-state index contributed by atoms with van der Waals surface area (Å²) < 4.78 is 0. The Morgan fingerprint density at radius 2 is 1.71 bits per heavy atom. The van der Waals surface area contributed by atoms with Crippen molar-refractivity contribution in [3.63, 3.8) is 0 Å². The van der Waals surface area contributed by atoms with Gasteiger partial charge in [0.1, 0.15) is 0 Å². The molecule has 1 aromatic rings. The molecule has 1 atom stereocenters. The first-order chi connectivity index (χ1) is 10.2. The number of nitrogens with one attached hydrogen (secondary N) is 1. The first kappa shape index (κ1) is 18.7. The second-order valence-corrected chi connectivity index (χ2v) is 6.35. The molecular formula is C16H27Cl2N3. The zero-order valence-corrected chi connectivity index (χ0v) is 14.4. The van der Waals surface area contributed by atoms with Crippen LogP contribution in [0.3, 0.4) is 0 Å². The summed E-state index contributed by atoms with van der Waals surface area (Å²) in [6.07, 6.45) is 12.9. The van der Waals surface area contributed by atoms with E-state index < -0.39 is 0 Å². The van der Waals surface area contributed by atoms with Crippen LogP contribution in [0.15, 0.2) is 12.3 Å². The van der Waals surface area contributed by atoms with Gasteiger partial charge >= 0.3 is 0 Å². The Labute approximate surface area is 138 Å². The number of hydrazine groups is 1. The second-order valence-electron chi connectivity index (χ2n) is 5.50. The molecule has 1 aromatic heterocycles. The van der Waals surface area contributed by atoms with E-state index in [4.69, 9.17) is 29.0 Å². The second kappa shape index (κ2) is 11.2. The predicted molar refractivity (Wildman–Crippen MR) is 91.5 cm³/mol. The molecule has 3 N–H and O–H groups in total. The lowest BCUT2D eigenvalue weighted by atomic mass is 10.0. The van der Waals surface area contributed by atoms with Crippen molar-refractivity contribution in [1.29, 1.82) is 0 Å². The van der Waals surface area contributed by atoms with Gasteiger partial charge in [-0.05, 0) is 12.5 Å². The Morgan fingerprint density at radius 1 is 1.10 bits per heavy atom. The fourth-order valence-electron chi connectivity index (χ4n) is 2.46. The maximum Gasteiger partial charge on any atom is 0.0773 e. The minimum atomic E-state index is -0.00476. The molecule has 1 heterocycles. The number of unbranched alkanes of at least 4 members (excludes halogenated alkanes) is 7. The molecule has 1 unspecified atom stereocenters. The molecule has 21 heavy (non-hydrogen) atoms. The number of pyridine rings is 1. The normalized spacial score (nSPS) is 12.6. The lowest BCUT2D eigenvalue weighted by Crippen LogP contribution is -2.28. The summed E-state index contributed by atoms with van der Waals surface area (Å²) >= 11 is 12.0. The Balaban J connectivity index is 2.25. The maximum atomic E-state index is 6.17. The van der Waals surface area contributed by atoms with Gasteiger partial charge in [0.05, 0.1) is 21.8 Å². The zero-order chi connectivity index (χ0) is 15.5. The van der Waals surface area contributed by atoms with E-state index >= 15 is 0 Å². The average molecular weight is 332 g/mol. The summed E-state index contributed by atoms with van der Waals surface area (Å²) in [7, 11) is 0. The van der Waals surface area contributed by atoms with Gasteiger partial charge in [-0.25, -0.2) is 0 Å². The molecule has 0 spiro atoms. The molecule has 0 saturated heterocycles. The fraction of sp³-hybridized carbons (Fsp3) is 0.688. The van der Waals surface area contributed by atoms with E-state index in [2.05, 4.69) is 17.3 Å². The summed E-state index contributed by atoms with van der Waals surface area (Å²) in [6, 6.07) is 1.71. The molecule has 0 saturated carbocycles. The Morgan fingerprint density at radius 3 is 2.29 bits per heavy atom. The van der Waals surface area contributed by atoms with Crippen molar-refractivity contribution in [2.45, 2.75) is 70.8 Å². The zero-order valence-electron chi connectivity index (χ0n) is 12.9. The number of rotatable bonds is 11. The molecule has 1 rings (SSSR count). The Hall–Kier alpha value is -0.350. The highest BCUT2D eigenvalue weighted by Crippen LogP contribution is 2.26. The van der Waals surface area contributed by atoms with E-state index in [0.29, 0.717) is 10.0 Å². The lowest BCUT2D eigenvalue weighted by Gasteiger charge is -2.16. The van der Waals surface area contributed by atoms with Crippen LogP contribution in [0.4, 0.5) is 0 Å². The Kier molecular flexibility index (Phi) is 10.0. The van der Waals surface area contributed by atoms with Crippen molar-refractivity contribution < 1.29 is 0 Å². The molecule has 0 radical (unpaired) electrons. The van der Waals surface area contributed by atoms with Crippen LogP contribution in [-0.4, -0.2) is 4.98 Å². The van der Waals surface area contributed by atoms with Crippen LogP contribution in [0.2, 0.25) is 10.0 Å². The van der Waals surface area contributed by atoms with E-state index in [0.717, 1.165) is 18.5 Å². The standard InChI is InChI=1S/C16H27Cl2N3/c1-2-3-4-5-6-7-8-9-10-15(21-19)16-14(18)11-13(17)12-20-16/h11-12,15,21H,2-10,19H2,1H3. The van der Waals surface area contributed by atoms with Gasteiger partial charge in [-0.3, -0.25) is 16.3 Å². The van der Waals surface area contributed by atoms with Crippen molar-refractivity contribution in [3.05, 3.63) is 28.0 Å². The summed E-state index contributed by atoms with van der Waals surface area (Å²) in [6.45, 7) is 2.25. The monoisotopic (exact) mass is 331 g/mol. The summed E-state index contributed by atoms with van der Waals surface area (Å²) in [5, 5.41) is 1.12. The van der Waals surface area contributed by atoms with Crippen LogP contribution >= 0.6 is 23.2 Å². The largest absolute Gasteiger partial charge is 0.271 e. The van der Waals surface area contributed by atoms with Gasteiger partial charge in [0.25, 0.3) is 0 Å². The molecule has 0 bridgehead atoms. The molecular weight excluding hydrogens is 305 g/mol. The van der Waals surface area contributed by atoms with Gasteiger partial charge in [-0.15, -0.1) is 0 Å². The van der Waals surface area contributed by atoms with Crippen LogP contribution in [0, 0.1) is 0 Å². The summed E-state index contributed by atoms with van der Waals surface area (Å²) in [4.78, 5) is 4.29. The van der Waals surface area contributed by atoms with Gasteiger partial charge in [0, 0.05) is 6.20 Å². The number of hydrogen-bond donors (Lipinski definition) is 2. The number of nitrogens with zero attached hydrogens (tertiary/aromatic N) is 1. The van der Waals surface area contributed by atoms with Crippen molar-refractivity contribution >= 4 is 23.2 Å². The number of nitrogens with two attached hydrogens (primary N) is 1. The lowest BCUT2D eigenvalue weighted by molar-refractivity contribution is 0.467. The third-order valence-corrected chi connectivity index (χ3v) is 4.22. The average Bonchev–Trinajstić information content (AvgIpc) is 2.47. The molecule has 5 heteroatoms.